The first-order chi connectivity index (χ1) is 12.1. The van der Waals surface area contributed by atoms with Crippen molar-refractivity contribution in [3.63, 3.8) is 0 Å². The maximum atomic E-state index is 12.9. The minimum Gasteiger partial charge on any atom is -0.394 e. The Morgan fingerprint density at radius 1 is 1.32 bits per heavy atom. The zero-order chi connectivity index (χ0) is 17.6. The number of aliphatic hydroxyl groups is 1. The van der Waals surface area contributed by atoms with E-state index in [0.717, 1.165) is 19.3 Å². The third-order valence-corrected chi connectivity index (χ3v) is 5.96. The van der Waals surface area contributed by atoms with Gasteiger partial charge in [0.1, 0.15) is 11.5 Å². The van der Waals surface area contributed by atoms with E-state index in [1.165, 1.54) is 0 Å². The van der Waals surface area contributed by atoms with Crippen molar-refractivity contribution in [2.75, 3.05) is 25.4 Å². The highest BCUT2D eigenvalue weighted by atomic mass is 16.3. The second-order valence-electron chi connectivity index (χ2n) is 7.42. The molecule has 0 aliphatic carbocycles. The molecular weight excluding hydrogens is 320 g/mol. The second-order valence-corrected chi connectivity index (χ2v) is 7.42. The summed E-state index contributed by atoms with van der Waals surface area (Å²) in [5.74, 6) is 0.764. The number of amides is 2. The molecule has 0 radical (unpaired) electrons. The van der Waals surface area contributed by atoms with Gasteiger partial charge in [-0.15, -0.1) is 0 Å². The number of piperidine rings is 3. The molecule has 7 heteroatoms. The summed E-state index contributed by atoms with van der Waals surface area (Å²) in [6.07, 6.45) is 3.39. The number of carbonyl (C=O) groups is 2. The number of aliphatic hydroxyl groups excluding tert-OH is 1. The number of anilines is 1. The quantitative estimate of drug-likeness (QED) is 0.814. The van der Waals surface area contributed by atoms with Crippen molar-refractivity contribution in [3.05, 3.63) is 23.9 Å². The van der Waals surface area contributed by atoms with E-state index in [1.807, 2.05) is 9.80 Å². The van der Waals surface area contributed by atoms with Gasteiger partial charge in [0.05, 0.1) is 12.6 Å². The summed E-state index contributed by atoms with van der Waals surface area (Å²) in [5, 5.41) is 9.91. The molecule has 1 aromatic heterocycles. The fourth-order valence-corrected chi connectivity index (χ4v) is 4.91. The minimum absolute atomic E-state index is 0.0435. The lowest BCUT2D eigenvalue weighted by molar-refractivity contribution is -0.154. The number of fused-ring (bicyclic) bond motifs is 4. The molecule has 1 aromatic rings. The van der Waals surface area contributed by atoms with Crippen LogP contribution in [0.25, 0.3) is 0 Å². The molecule has 0 unspecified atom stereocenters. The molecule has 3 aliphatic rings. The standard InChI is InChI=1S/C18H24N4O3/c19-16-5-1-3-13(20-16)18(25)21-8-11-7-12(9-21)15(10-23)22-14(11)4-2-6-17(22)24/h1,3,5,11-12,14-15,23H,2,4,6-10H2,(H2,19,20)/t11-,12+,14+,15+/m1/s1. The van der Waals surface area contributed by atoms with Crippen molar-refractivity contribution >= 4 is 17.6 Å². The first kappa shape index (κ1) is 16.3. The van der Waals surface area contributed by atoms with Gasteiger partial charge in [0.15, 0.2) is 0 Å². The smallest absolute Gasteiger partial charge is 0.272 e. The molecular formula is C18H24N4O3. The molecule has 0 saturated carbocycles. The van der Waals surface area contributed by atoms with Gasteiger partial charge in [-0.3, -0.25) is 9.59 Å². The Hall–Kier alpha value is -2.15. The molecule has 4 rings (SSSR count). The number of hydrogen-bond acceptors (Lipinski definition) is 5. The monoisotopic (exact) mass is 344 g/mol. The van der Waals surface area contributed by atoms with Crippen LogP contribution in [0.1, 0.15) is 36.2 Å². The van der Waals surface area contributed by atoms with Crippen molar-refractivity contribution in [2.24, 2.45) is 11.8 Å². The van der Waals surface area contributed by atoms with Crippen LogP contribution in [-0.2, 0) is 4.79 Å². The number of nitrogens with two attached hydrogens (primary N) is 1. The molecule has 2 amide bonds. The van der Waals surface area contributed by atoms with E-state index in [0.29, 0.717) is 31.0 Å². The summed E-state index contributed by atoms with van der Waals surface area (Å²) in [6.45, 7) is 1.14. The first-order valence-electron chi connectivity index (χ1n) is 9.02. The highest BCUT2D eigenvalue weighted by Crippen LogP contribution is 2.41. The summed E-state index contributed by atoms with van der Waals surface area (Å²) < 4.78 is 0. The van der Waals surface area contributed by atoms with Crippen LogP contribution in [0, 0.1) is 11.8 Å². The van der Waals surface area contributed by atoms with Crippen LogP contribution in [0.2, 0.25) is 0 Å². The van der Waals surface area contributed by atoms with Gasteiger partial charge in [0.2, 0.25) is 5.91 Å². The lowest BCUT2D eigenvalue weighted by atomic mass is 9.72. The van der Waals surface area contributed by atoms with Gasteiger partial charge >= 0.3 is 0 Å². The van der Waals surface area contributed by atoms with Crippen LogP contribution < -0.4 is 5.73 Å². The van der Waals surface area contributed by atoms with E-state index in [1.54, 1.807) is 18.2 Å². The second kappa shape index (κ2) is 6.29. The number of rotatable bonds is 2. The fraction of sp³-hybridized carbons (Fsp3) is 0.611. The molecule has 3 saturated heterocycles. The first-order valence-corrected chi connectivity index (χ1v) is 9.02. The van der Waals surface area contributed by atoms with Crippen LogP contribution in [0.5, 0.6) is 0 Å². The lowest BCUT2D eigenvalue weighted by Gasteiger charge is -2.56. The number of carbonyl (C=O) groups excluding carboxylic acids is 2. The Labute approximate surface area is 146 Å². The third kappa shape index (κ3) is 2.76. The SMILES string of the molecule is Nc1cccc(C(=O)N2C[C@H]3C[C@@H](C2)[C@H](CO)N2C(=O)CCC[C@@H]32)n1. The normalized spacial score (nSPS) is 31.6. The predicted octanol–water partition coefficient (Wildman–Crippen LogP) is 0.498. The molecule has 0 spiro atoms. The molecule has 3 aliphatic heterocycles. The van der Waals surface area contributed by atoms with Crippen LogP contribution >= 0.6 is 0 Å². The fourth-order valence-electron chi connectivity index (χ4n) is 4.91. The molecule has 3 N–H and O–H groups in total. The Balaban J connectivity index is 1.59. The summed E-state index contributed by atoms with van der Waals surface area (Å²) in [4.78, 5) is 33.2. The van der Waals surface area contributed by atoms with Crippen LogP contribution in [0.4, 0.5) is 5.82 Å². The number of pyridine rings is 1. The zero-order valence-electron chi connectivity index (χ0n) is 14.2. The number of aromatic nitrogens is 1. The van der Waals surface area contributed by atoms with Gasteiger partial charge in [-0.2, -0.15) is 0 Å². The van der Waals surface area contributed by atoms with Crippen molar-refractivity contribution in [1.29, 1.82) is 0 Å². The van der Waals surface area contributed by atoms with E-state index < -0.39 is 0 Å². The highest BCUT2D eigenvalue weighted by molar-refractivity contribution is 5.92. The maximum Gasteiger partial charge on any atom is 0.272 e. The number of likely N-dealkylation sites (tertiary alicyclic amines) is 1. The molecule has 25 heavy (non-hydrogen) atoms. The van der Waals surface area contributed by atoms with Crippen molar-refractivity contribution < 1.29 is 14.7 Å². The number of nitrogen functional groups attached to an aromatic ring is 1. The van der Waals surface area contributed by atoms with E-state index in [2.05, 4.69) is 4.98 Å². The average molecular weight is 344 g/mol. The lowest BCUT2D eigenvalue weighted by Crippen LogP contribution is -2.66. The minimum atomic E-state index is -0.182. The average Bonchev–Trinajstić information content (AvgIpc) is 2.62. The van der Waals surface area contributed by atoms with Crippen molar-refractivity contribution in [2.45, 2.75) is 37.8 Å². The molecule has 3 fully saturated rings. The number of nitrogens with zero attached hydrogens (tertiary/aromatic N) is 3. The Kier molecular flexibility index (Phi) is 4.11. The molecule has 7 nitrogen and oxygen atoms in total. The van der Waals surface area contributed by atoms with Crippen LogP contribution in [0.15, 0.2) is 18.2 Å². The van der Waals surface area contributed by atoms with E-state index in [9.17, 15) is 14.7 Å². The molecule has 4 atom stereocenters. The van der Waals surface area contributed by atoms with Crippen LogP contribution in [-0.4, -0.2) is 63.5 Å². The molecule has 134 valence electrons. The van der Waals surface area contributed by atoms with Gasteiger partial charge in [-0.25, -0.2) is 4.98 Å². The Bertz CT molecular complexity index is 681. The summed E-state index contributed by atoms with van der Waals surface area (Å²) >= 11 is 0. The topological polar surface area (TPSA) is 99.8 Å². The summed E-state index contributed by atoms with van der Waals surface area (Å²) in [5.41, 5.74) is 6.06. The largest absolute Gasteiger partial charge is 0.394 e. The zero-order valence-corrected chi connectivity index (χ0v) is 14.2. The Morgan fingerprint density at radius 3 is 2.88 bits per heavy atom. The van der Waals surface area contributed by atoms with E-state index in [-0.39, 0.29) is 42.3 Å². The van der Waals surface area contributed by atoms with Gasteiger partial charge in [-0.05, 0) is 43.2 Å². The number of hydrogen-bond donors (Lipinski definition) is 2. The summed E-state index contributed by atoms with van der Waals surface area (Å²) in [7, 11) is 0. The Morgan fingerprint density at radius 2 is 2.12 bits per heavy atom. The highest BCUT2D eigenvalue weighted by Gasteiger charge is 2.49. The molecule has 4 heterocycles. The van der Waals surface area contributed by atoms with Gasteiger partial charge in [0, 0.05) is 25.6 Å². The maximum absolute atomic E-state index is 12.9. The summed E-state index contributed by atoms with van der Waals surface area (Å²) in [6, 6.07) is 5.04. The molecule has 0 aromatic carbocycles. The van der Waals surface area contributed by atoms with Crippen molar-refractivity contribution in [1.82, 2.24) is 14.8 Å². The predicted molar refractivity (Wildman–Crippen MR) is 91.5 cm³/mol. The van der Waals surface area contributed by atoms with Gasteiger partial charge in [-0.1, -0.05) is 6.07 Å². The van der Waals surface area contributed by atoms with E-state index >= 15 is 0 Å². The van der Waals surface area contributed by atoms with Crippen molar-refractivity contribution in [3.8, 4) is 0 Å². The van der Waals surface area contributed by atoms with Gasteiger partial charge in [0.25, 0.3) is 5.91 Å². The van der Waals surface area contributed by atoms with E-state index in [4.69, 9.17) is 5.73 Å². The van der Waals surface area contributed by atoms with Gasteiger partial charge < -0.3 is 20.6 Å². The molecule has 2 bridgehead atoms. The van der Waals surface area contributed by atoms with Crippen LogP contribution in [0.3, 0.4) is 0 Å². The third-order valence-electron chi connectivity index (χ3n) is 5.96.